The number of carbonyl (C=O) groups is 1. The van der Waals surface area contributed by atoms with Gasteiger partial charge in [-0.15, -0.1) is 0 Å². The molecule has 130 valence electrons. The maximum atomic E-state index is 12.7. The molecule has 5 nitrogen and oxygen atoms in total. The fourth-order valence-corrected chi connectivity index (χ4v) is 4.12. The number of hydrogen-bond acceptors (Lipinski definition) is 4. The third-order valence-corrected chi connectivity index (χ3v) is 5.42. The number of ether oxygens (including phenoxy) is 1. The van der Waals surface area contributed by atoms with Gasteiger partial charge in [0, 0.05) is 43.3 Å². The number of carbonyl (C=O) groups excluding carboxylic acids is 1. The molecular weight excluding hydrogens is 314 g/mol. The molecule has 2 aliphatic rings. The van der Waals surface area contributed by atoms with Gasteiger partial charge < -0.3 is 15.4 Å². The molecule has 1 saturated heterocycles. The summed E-state index contributed by atoms with van der Waals surface area (Å²) in [5.41, 5.74) is 1.93. The van der Waals surface area contributed by atoms with Gasteiger partial charge >= 0.3 is 0 Å². The third kappa shape index (κ3) is 3.12. The molecule has 0 bridgehead atoms. The van der Waals surface area contributed by atoms with Crippen LogP contribution >= 0.6 is 0 Å². The van der Waals surface area contributed by atoms with Crippen LogP contribution in [-0.2, 0) is 11.2 Å². The van der Waals surface area contributed by atoms with E-state index in [2.05, 4.69) is 39.9 Å². The quantitative estimate of drug-likeness (QED) is 0.880. The molecule has 25 heavy (non-hydrogen) atoms. The van der Waals surface area contributed by atoms with Crippen molar-refractivity contribution in [1.82, 2.24) is 10.3 Å². The summed E-state index contributed by atoms with van der Waals surface area (Å²) < 4.78 is 5.92. The minimum Gasteiger partial charge on any atom is -0.377 e. The van der Waals surface area contributed by atoms with Gasteiger partial charge in [0.1, 0.15) is 5.82 Å². The normalized spacial score (nSPS) is 27.2. The summed E-state index contributed by atoms with van der Waals surface area (Å²) >= 11 is 0. The summed E-state index contributed by atoms with van der Waals surface area (Å²) in [6, 6.07) is 14.1. The first-order valence-corrected chi connectivity index (χ1v) is 8.86. The van der Waals surface area contributed by atoms with Crippen LogP contribution in [0.3, 0.4) is 0 Å². The van der Waals surface area contributed by atoms with E-state index in [-0.39, 0.29) is 18.1 Å². The Morgan fingerprint density at radius 3 is 2.92 bits per heavy atom. The van der Waals surface area contributed by atoms with Gasteiger partial charge in [0.15, 0.2) is 0 Å². The van der Waals surface area contributed by atoms with E-state index in [0.29, 0.717) is 23.2 Å². The van der Waals surface area contributed by atoms with E-state index in [9.17, 15) is 4.79 Å². The molecule has 1 saturated carbocycles. The van der Waals surface area contributed by atoms with Crippen LogP contribution in [0.15, 0.2) is 48.7 Å². The molecule has 1 amide bonds. The molecule has 0 radical (unpaired) electrons. The molecule has 1 aromatic carbocycles. The van der Waals surface area contributed by atoms with Crippen molar-refractivity contribution in [3.05, 3.63) is 59.8 Å². The van der Waals surface area contributed by atoms with Crippen molar-refractivity contribution < 1.29 is 9.53 Å². The second kappa shape index (κ2) is 6.84. The first-order chi connectivity index (χ1) is 12.3. The molecule has 1 aliphatic carbocycles. The molecule has 2 aromatic rings. The van der Waals surface area contributed by atoms with Crippen molar-refractivity contribution in [3.8, 4) is 0 Å². The van der Waals surface area contributed by atoms with E-state index in [1.807, 2.05) is 6.07 Å². The van der Waals surface area contributed by atoms with E-state index < -0.39 is 0 Å². The van der Waals surface area contributed by atoms with Crippen molar-refractivity contribution in [2.24, 2.45) is 11.8 Å². The average molecular weight is 337 g/mol. The van der Waals surface area contributed by atoms with E-state index in [1.165, 1.54) is 5.56 Å². The number of benzene rings is 1. The molecule has 0 spiro atoms. The van der Waals surface area contributed by atoms with Crippen molar-refractivity contribution in [3.63, 3.8) is 0 Å². The minimum atomic E-state index is -0.0349. The zero-order valence-electron chi connectivity index (χ0n) is 14.3. The Hall–Kier alpha value is -2.40. The van der Waals surface area contributed by atoms with Gasteiger partial charge in [-0.05, 0) is 30.5 Å². The predicted octanol–water partition coefficient (Wildman–Crippen LogP) is 2.50. The standard InChI is InChI=1S/C20H23N3O2/c1-21-17-12-14(7-9-22-17)20(24)23-18-15-8-10-25-19(15)16(18)11-13-5-3-2-4-6-13/h2-7,9,12,15-16,18-19H,8,10-11H2,1H3,(H,21,22)(H,23,24)/t15-,16+,18-,19-/m1/s1. The Balaban J connectivity index is 1.48. The van der Waals surface area contributed by atoms with Gasteiger partial charge in [-0.2, -0.15) is 0 Å². The van der Waals surface area contributed by atoms with Crippen LogP contribution in [0.5, 0.6) is 0 Å². The Morgan fingerprint density at radius 1 is 1.28 bits per heavy atom. The van der Waals surface area contributed by atoms with Gasteiger partial charge in [-0.25, -0.2) is 4.98 Å². The first kappa shape index (κ1) is 16.1. The lowest BCUT2D eigenvalue weighted by atomic mass is 9.64. The van der Waals surface area contributed by atoms with E-state index in [1.54, 1.807) is 25.4 Å². The highest BCUT2D eigenvalue weighted by Crippen LogP contribution is 2.45. The fraction of sp³-hybridized carbons (Fsp3) is 0.400. The second-order valence-electron chi connectivity index (χ2n) is 6.82. The fourth-order valence-electron chi connectivity index (χ4n) is 4.12. The Labute approximate surface area is 147 Å². The summed E-state index contributed by atoms with van der Waals surface area (Å²) in [4.78, 5) is 16.9. The predicted molar refractivity (Wildman–Crippen MR) is 96.5 cm³/mol. The number of nitrogens with zero attached hydrogens (tertiary/aromatic N) is 1. The number of hydrogen-bond donors (Lipinski definition) is 2. The molecule has 2 heterocycles. The molecule has 5 heteroatoms. The number of amides is 1. The van der Waals surface area contributed by atoms with Crippen LogP contribution in [0.2, 0.25) is 0 Å². The van der Waals surface area contributed by atoms with E-state index in [0.717, 1.165) is 19.4 Å². The molecule has 0 unspecified atom stereocenters. The summed E-state index contributed by atoms with van der Waals surface area (Å²) in [5.74, 6) is 1.43. The van der Waals surface area contributed by atoms with Crippen LogP contribution in [0.25, 0.3) is 0 Å². The lowest BCUT2D eigenvalue weighted by Crippen LogP contribution is -2.62. The zero-order chi connectivity index (χ0) is 17.2. The lowest BCUT2D eigenvalue weighted by Gasteiger charge is -2.48. The Morgan fingerprint density at radius 2 is 2.12 bits per heavy atom. The van der Waals surface area contributed by atoms with Crippen LogP contribution < -0.4 is 10.6 Å². The SMILES string of the molecule is CNc1cc(C(=O)N[C@@H]2[C@H]3CCO[C@H]3[C@H]2Cc2ccccc2)ccn1. The first-order valence-electron chi connectivity index (χ1n) is 8.86. The van der Waals surface area contributed by atoms with Gasteiger partial charge in [0.25, 0.3) is 5.91 Å². The van der Waals surface area contributed by atoms with E-state index in [4.69, 9.17) is 4.74 Å². The number of pyridine rings is 1. The maximum absolute atomic E-state index is 12.7. The van der Waals surface area contributed by atoms with E-state index >= 15 is 0 Å². The lowest BCUT2D eigenvalue weighted by molar-refractivity contribution is -0.0528. The van der Waals surface area contributed by atoms with Gasteiger partial charge in [-0.3, -0.25) is 4.79 Å². The van der Waals surface area contributed by atoms with Crippen molar-refractivity contribution in [2.45, 2.75) is 25.0 Å². The van der Waals surface area contributed by atoms with Crippen LogP contribution in [0.1, 0.15) is 22.3 Å². The monoisotopic (exact) mass is 337 g/mol. The highest BCUT2D eigenvalue weighted by atomic mass is 16.5. The largest absolute Gasteiger partial charge is 0.377 e. The molecule has 1 aliphatic heterocycles. The maximum Gasteiger partial charge on any atom is 0.251 e. The highest BCUT2D eigenvalue weighted by molar-refractivity contribution is 5.95. The van der Waals surface area contributed by atoms with Crippen LogP contribution in [0, 0.1) is 11.8 Å². The van der Waals surface area contributed by atoms with Crippen LogP contribution in [-0.4, -0.2) is 36.7 Å². The van der Waals surface area contributed by atoms with Crippen molar-refractivity contribution in [2.75, 3.05) is 19.0 Å². The molecule has 4 rings (SSSR count). The molecule has 4 atom stereocenters. The minimum absolute atomic E-state index is 0.0349. The van der Waals surface area contributed by atoms with Gasteiger partial charge in [0.05, 0.1) is 6.10 Å². The molecule has 1 aromatic heterocycles. The number of aromatic nitrogens is 1. The van der Waals surface area contributed by atoms with Gasteiger partial charge in [0.2, 0.25) is 0 Å². The summed E-state index contributed by atoms with van der Waals surface area (Å²) in [7, 11) is 1.80. The molecule has 2 fully saturated rings. The third-order valence-electron chi connectivity index (χ3n) is 5.42. The smallest absolute Gasteiger partial charge is 0.251 e. The topological polar surface area (TPSA) is 63.2 Å². The van der Waals surface area contributed by atoms with Crippen molar-refractivity contribution >= 4 is 11.7 Å². The number of anilines is 1. The van der Waals surface area contributed by atoms with Gasteiger partial charge in [-0.1, -0.05) is 30.3 Å². The second-order valence-corrected chi connectivity index (χ2v) is 6.82. The molecular formula is C20H23N3O2. The Kier molecular flexibility index (Phi) is 4.40. The average Bonchev–Trinajstić information content (AvgIpc) is 3.09. The van der Waals surface area contributed by atoms with Crippen LogP contribution in [0.4, 0.5) is 5.82 Å². The molecule has 2 N–H and O–H groups in total. The summed E-state index contributed by atoms with van der Waals surface area (Å²) in [5, 5.41) is 6.22. The van der Waals surface area contributed by atoms with Crippen molar-refractivity contribution in [1.29, 1.82) is 0 Å². The number of fused-ring (bicyclic) bond motifs is 1. The number of nitrogens with one attached hydrogen (secondary N) is 2. The summed E-state index contributed by atoms with van der Waals surface area (Å²) in [6.07, 6.45) is 3.89. The Bertz CT molecular complexity index is 750. The number of rotatable bonds is 5. The zero-order valence-corrected chi connectivity index (χ0v) is 14.3. The highest BCUT2D eigenvalue weighted by Gasteiger charge is 2.54. The summed E-state index contributed by atoms with van der Waals surface area (Å²) in [6.45, 7) is 0.798.